The molecule has 2 rings (SSSR count). The second kappa shape index (κ2) is 6.19. The van der Waals surface area contributed by atoms with Crippen LogP contribution in [0.4, 0.5) is 0 Å². The van der Waals surface area contributed by atoms with E-state index in [1.165, 1.54) is 0 Å². The van der Waals surface area contributed by atoms with E-state index in [1.54, 1.807) is 0 Å². The van der Waals surface area contributed by atoms with Gasteiger partial charge in [-0.15, -0.1) is 0 Å². The molecule has 0 saturated heterocycles. The Morgan fingerprint density at radius 3 is 2.53 bits per heavy atom. The van der Waals surface area contributed by atoms with E-state index in [4.69, 9.17) is 9.84 Å². The SMILES string of the molecule is O=C(O)C1CCC(O)C(OC(=O)C2CC=CCC2)C1. The molecule has 0 aromatic heterocycles. The van der Waals surface area contributed by atoms with Gasteiger partial charge in [0.25, 0.3) is 0 Å². The molecule has 4 atom stereocenters. The maximum absolute atomic E-state index is 12.0. The largest absolute Gasteiger partial charge is 0.481 e. The van der Waals surface area contributed by atoms with Gasteiger partial charge >= 0.3 is 11.9 Å². The summed E-state index contributed by atoms with van der Waals surface area (Å²) in [6, 6.07) is 0. The van der Waals surface area contributed by atoms with Crippen molar-refractivity contribution >= 4 is 11.9 Å². The van der Waals surface area contributed by atoms with Gasteiger partial charge in [-0.05, 0) is 32.1 Å². The number of ether oxygens (including phenoxy) is 1. The van der Waals surface area contributed by atoms with E-state index < -0.39 is 24.1 Å². The summed E-state index contributed by atoms with van der Waals surface area (Å²) in [4.78, 5) is 22.9. The third kappa shape index (κ3) is 3.56. The molecule has 0 bridgehead atoms. The molecule has 0 aromatic carbocycles. The highest BCUT2D eigenvalue weighted by molar-refractivity contribution is 5.73. The zero-order chi connectivity index (χ0) is 13.8. The minimum atomic E-state index is -0.881. The molecule has 2 N–H and O–H groups in total. The number of carbonyl (C=O) groups excluding carboxylic acids is 1. The number of carboxylic acids is 1. The molecule has 5 nitrogen and oxygen atoms in total. The average Bonchev–Trinajstić information content (AvgIpc) is 2.42. The summed E-state index contributed by atoms with van der Waals surface area (Å²) in [5, 5.41) is 18.8. The number of allylic oxidation sites excluding steroid dienone is 2. The lowest BCUT2D eigenvalue weighted by Gasteiger charge is -2.32. The van der Waals surface area contributed by atoms with Crippen molar-refractivity contribution in [2.75, 3.05) is 0 Å². The number of carbonyl (C=O) groups is 2. The Morgan fingerprint density at radius 1 is 1.11 bits per heavy atom. The maximum Gasteiger partial charge on any atom is 0.309 e. The van der Waals surface area contributed by atoms with Crippen molar-refractivity contribution < 1.29 is 24.5 Å². The maximum atomic E-state index is 12.0. The molecule has 5 heteroatoms. The number of aliphatic hydroxyl groups excluding tert-OH is 1. The number of hydrogen-bond donors (Lipinski definition) is 2. The smallest absolute Gasteiger partial charge is 0.309 e. The number of rotatable bonds is 3. The van der Waals surface area contributed by atoms with Gasteiger partial charge in [0.15, 0.2) is 0 Å². The second-order valence-electron chi connectivity index (χ2n) is 5.37. The molecule has 2 aliphatic carbocycles. The van der Waals surface area contributed by atoms with Gasteiger partial charge in [0.05, 0.1) is 17.9 Å². The minimum Gasteiger partial charge on any atom is -0.481 e. The van der Waals surface area contributed by atoms with Crippen LogP contribution < -0.4 is 0 Å². The highest BCUT2D eigenvalue weighted by Crippen LogP contribution is 2.29. The van der Waals surface area contributed by atoms with Crippen molar-refractivity contribution in [3.63, 3.8) is 0 Å². The Kier molecular flexibility index (Phi) is 4.58. The van der Waals surface area contributed by atoms with E-state index in [0.29, 0.717) is 19.3 Å². The molecule has 0 amide bonds. The molecular formula is C14H20O5. The standard InChI is InChI=1S/C14H20O5/c15-11-7-6-10(13(16)17)8-12(11)19-14(18)9-4-2-1-3-5-9/h1-2,9-12,15H,3-8H2,(H,16,17). The summed E-state index contributed by atoms with van der Waals surface area (Å²) in [5.74, 6) is -1.86. The molecule has 0 radical (unpaired) electrons. The van der Waals surface area contributed by atoms with E-state index in [0.717, 1.165) is 12.8 Å². The van der Waals surface area contributed by atoms with Crippen LogP contribution in [0.15, 0.2) is 12.2 Å². The fraction of sp³-hybridized carbons (Fsp3) is 0.714. The fourth-order valence-corrected chi connectivity index (χ4v) is 2.72. The van der Waals surface area contributed by atoms with Crippen molar-refractivity contribution in [1.82, 2.24) is 0 Å². The Balaban J connectivity index is 1.90. The Labute approximate surface area is 112 Å². The lowest BCUT2D eigenvalue weighted by atomic mass is 9.85. The first-order valence-corrected chi connectivity index (χ1v) is 6.84. The summed E-state index contributed by atoms with van der Waals surface area (Å²) < 4.78 is 5.34. The first-order chi connectivity index (χ1) is 9.08. The third-order valence-electron chi connectivity index (χ3n) is 3.98. The van der Waals surface area contributed by atoms with Crippen LogP contribution in [0.1, 0.15) is 38.5 Å². The third-order valence-corrected chi connectivity index (χ3v) is 3.98. The van der Waals surface area contributed by atoms with E-state index in [2.05, 4.69) is 0 Å². The van der Waals surface area contributed by atoms with Crippen molar-refractivity contribution in [3.8, 4) is 0 Å². The summed E-state index contributed by atoms with van der Waals surface area (Å²) >= 11 is 0. The fourth-order valence-electron chi connectivity index (χ4n) is 2.72. The topological polar surface area (TPSA) is 83.8 Å². The van der Waals surface area contributed by atoms with Gasteiger partial charge in [0.1, 0.15) is 6.10 Å². The van der Waals surface area contributed by atoms with Crippen LogP contribution in [-0.4, -0.2) is 34.4 Å². The van der Waals surface area contributed by atoms with Gasteiger partial charge in [-0.1, -0.05) is 12.2 Å². The molecule has 19 heavy (non-hydrogen) atoms. The Morgan fingerprint density at radius 2 is 1.89 bits per heavy atom. The van der Waals surface area contributed by atoms with Crippen LogP contribution in [-0.2, 0) is 14.3 Å². The molecule has 0 aliphatic heterocycles. The quantitative estimate of drug-likeness (QED) is 0.598. The molecule has 106 valence electrons. The normalized spacial score (nSPS) is 34.8. The number of esters is 1. The van der Waals surface area contributed by atoms with Crippen LogP contribution in [0.25, 0.3) is 0 Å². The predicted octanol–water partition coefficient (Wildman–Crippen LogP) is 1.50. The van der Waals surface area contributed by atoms with Crippen LogP contribution in [0.5, 0.6) is 0 Å². The number of aliphatic carboxylic acids is 1. The highest BCUT2D eigenvalue weighted by atomic mass is 16.6. The van der Waals surface area contributed by atoms with E-state index >= 15 is 0 Å². The molecule has 0 heterocycles. The summed E-state index contributed by atoms with van der Waals surface area (Å²) in [6.45, 7) is 0. The van der Waals surface area contributed by atoms with Gasteiger partial charge in [0, 0.05) is 6.42 Å². The average molecular weight is 268 g/mol. The van der Waals surface area contributed by atoms with Gasteiger partial charge in [0.2, 0.25) is 0 Å². The van der Waals surface area contributed by atoms with Gasteiger partial charge < -0.3 is 14.9 Å². The van der Waals surface area contributed by atoms with Crippen LogP contribution in [0.2, 0.25) is 0 Å². The van der Waals surface area contributed by atoms with Gasteiger partial charge in [-0.2, -0.15) is 0 Å². The molecular weight excluding hydrogens is 248 g/mol. The lowest BCUT2D eigenvalue weighted by molar-refractivity contribution is -0.168. The molecule has 4 unspecified atom stereocenters. The molecule has 0 aromatic rings. The van der Waals surface area contributed by atoms with Crippen molar-refractivity contribution in [3.05, 3.63) is 12.2 Å². The first kappa shape index (κ1) is 14.1. The van der Waals surface area contributed by atoms with Gasteiger partial charge in [-0.3, -0.25) is 9.59 Å². The van der Waals surface area contributed by atoms with Crippen LogP contribution in [0, 0.1) is 11.8 Å². The monoisotopic (exact) mass is 268 g/mol. The predicted molar refractivity (Wildman–Crippen MR) is 67.3 cm³/mol. The Hall–Kier alpha value is -1.36. The second-order valence-corrected chi connectivity index (χ2v) is 5.37. The van der Waals surface area contributed by atoms with Crippen molar-refractivity contribution in [2.45, 2.75) is 50.7 Å². The van der Waals surface area contributed by atoms with E-state index in [9.17, 15) is 14.7 Å². The highest BCUT2D eigenvalue weighted by Gasteiger charge is 2.36. The zero-order valence-electron chi connectivity index (χ0n) is 10.8. The summed E-state index contributed by atoms with van der Waals surface area (Å²) in [6.07, 6.45) is 5.93. The van der Waals surface area contributed by atoms with Crippen LogP contribution >= 0.6 is 0 Å². The van der Waals surface area contributed by atoms with Crippen LogP contribution in [0.3, 0.4) is 0 Å². The summed E-state index contributed by atoms with van der Waals surface area (Å²) in [5.41, 5.74) is 0. The lowest BCUT2D eigenvalue weighted by Crippen LogP contribution is -2.40. The van der Waals surface area contributed by atoms with Crippen molar-refractivity contribution in [1.29, 1.82) is 0 Å². The number of aliphatic hydroxyl groups is 1. The zero-order valence-corrected chi connectivity index (χ0v) is 10.8. The van der Waals surface area contributed by atoms with E-state index in [1.807, 2.05) is 12.2 Å². The molecule has 0 spiro atoms. The van der Waals surface area contributed by atoms with E-state index in [-0.39, 0.29) is 18.3 Å². The van der Waals surface area contributed by atoms with Crippen molar-refractivity contribution in [2.24, 2.45) is 11.8 Å². The molecule has 1 fully saturated rings. The number of hydrogen-bond acceptors (Lipinski definition) is 4. The summed E-state index contributed by atoms with van der Waals surface area (Å²) in [7, 11) is 0. The molecule has 1 saturated carbocycles. The number of carboxylic acid groups (broad SMARTS) is 1. The molecule has 2 aliphatic rings. The minimum absolute atomic E-state index is 0.151. The Bertz CT molecular complexity index is 376. The van der Waals surface area contributed by atoms with Gasteiger partial charge in [-0.25, -0.2) is 0 Å². The first-order valence-electron chi connectivity index (χ1n) is 6.84.